The number of aromatic nitrogens is 1. The normalized spacial score (nSPS) is 12.6. The summed E-state index contributed by atoms with van der Waals surface area (Å²) >= 11 is 6.05. The first-order valence-corrected chi connectivity index (χ1v) is 7.63. The van der Waals surface area contributed by atoms with Crippen molar-refractivity contribution in [1.82, 2.24) is 9.88 Å². The lowest BCUT2D eigenvalue weighted by Gasteiger charge is -2.31. The topological polar surface area (TPSA) is 42.2 Å². The number of hydrogen-bond donors (Lipinski definition) is 1. The predicted molar refractivity (Wildman–Crippen MR) is 88.3 cm³/mol. The van der Waals surface area contributed by atoms with E-state index in [9.17, 15) is 0 Å². The number of halogens is 1. The van der Waals surface area contributed by atoms with Gasteiger partial charge in [0, 0.05) is 30.4 Å². The fourth-order valence-electron chi connectivity index (χ4n) is 2.63. The molecule has 0 bridgehead atoms. The highest BCUT2D eigenvalue weighted by molar-refractivity contribution is 6.30. The maximum atomic E-state index is 6.05. The highest BCUT2D eigenvalue weighted by Gasteiger charge is 2.20. The van der Waals surface area contributed by atoms with Crippen LogP contribution < -0.4 is 5.73 Å². The van der Waals surface area contributed by atoms with Crippen LogP contribution in [-0.2, 0) is 6.54 Å². The molecule has 1 aromatic heterocycles. The van der Waals surface area contributed by atoms with Crippen molar-refractivity contribution in [3.63, 3.8) is 0 Å². The molecule has 0 amide bonds. The van der Waals surface area contributed by atoms with Crippen molar-refractivity contribution >= 4 is 11.6 Å². The Balaban J connectivity index is 2.25. The summed E-state index contributed by atoms with van der Waals surface area (Å²) in [7, 11) is 0. The Hall–Kier alpha value is -1.42. The third-order valence-corrected chi connectivity index (χ3v) is 3.99. The minimum atomic E-state index is 0.175. The lowest BCUT2D eigenvalue weighted by Crippen LogP contribution is -2.34. The summed E-state index contributed by atoms with van der Waals surface area (Å²) < 4.78 is 0. The summed E-state index contributed by atoms with van der Waals surface area (Å²) in [5.41, 5.74) is 9.52. The molecule has 0 aliphatic heterocycles. The summed E-state index contributed by atoms with van der Waals surface area (Å²) in [5, 5.41) is 0.764. The second kappa shape index (κ2) is 7.55. The molecule has 0 aliphatic rings. The Morgan fingerprint density at radius 1 is 1.29 bits per heavy atom. The molecule has 0 aliphatic carbocycles. The standard InChI is InChI=1S/C17H22ClN3/c1-3-21(12-15-6-4-5-9-20-15)17(11-19)16-8-7-14(18)10-13(16)2/h4-10,17H,3,11-12,19H2,1-2H3. The van der Waals surface area contributed by atoms with Gasteiger partial charge in [-0.2, -0.15) is 0 Å². The number of hydrogen-bond acceptors (Lipinski definition) is 3. The van der Waals surface area contributed by atoms with Crippen LogP contribution in [0.2, 0.25) is 5.02 Å². The molecule has 0 fully saturated rings. The summed E-state index contributed by atoms with van der Waals surface area (Å²) in [6.07, 6.45) is 1.83. The van der Waals surface area contributed by atoms with Crippen LogP contribution in [0.15, 0.2) is 42.6 Å². The third-order valence-electron chi connectivity index (χ3n) is 3.75. The van der Waals surface area contributed by atoms with Gasteiger partial charge < -0.3 is 5.73 Å². The Morgan fingerprint density at radius 3 is 2.67 bits per heavy atom. The third kappa shape index (κ3) is 4.03. The molecule has 112 valence electrons. The van der Waals surface area contributed by atoms with Crippen LogP contribution in [0.5, 0.6) is 0 Å². The molecule has 3 nitrogen and oxygen atoms in total. The van der Waals surface area contributed by atoms with E-state index in [1.807, 2.05) is 36.5 Å². The van der Waals surface area contributed by atoms with Crippen LogP contribution in [0.4, 0.5) is 0 Å². The van der Waals surface area contributed by atoms with Crippen molar-refractivity contribution in [1.29, 1.82) is 0 Å². The van der Waals surface area contributed by atoms with Crippen molar-refractivity contribution < 1.29 is 0 Å². The van der Waals surface area contributed by atoms with Gasteiger partial charge in [-0.25, -0.2) is 0 Å². The first-order valence-electron chi connectivity index (χ1n) is 7.25. The fourth-order valence-corrected chi connectivity index (χ4v) is 2.85. The zero-order valence-electron chi connectivity index (χ0n) is 12.6. The first kappa shape index (κ1) is 16.0. The van der Waals surface area contributed by atoms with Crippen LogP contribution in [0, 0.1) is 6.92 Å². The quantitative estimate of drug-likeness (QED) is 0.887. The maximum Gasteiger partial charge on any atom is 0.0544 e. The molecule has 2 rings (SSSR count). The molecule has 0 radical (unpaired) electrons. The molecular formula is C17H22ClN3. The lowest BCUT2D eigenvalue weighted by molar-refractivity contribution is 0.200. The van der Waals surface area contributed by atoms with E-state index in [4.69, 9.17) is 17.3 Å². The largest absolute Gasteiger partial charge is 0.329 e. The zero-order chi connectivity index (χ0) is 15.2. The van der Waals surface area contributed by atoms with E-state index >= 15 is 0 Å². The van der Waals surface area contributed by atoms with Crippen LogP contribution in [0.1, 0.15) is 29.8 Å². The number of likely N-dealkylation sites (N-methyl/N-ethyl adjacent to an activating group) is 1. The van der Waals surface area contributed by atoms with E-state index in [1.54, 1.807) is 0 Å². The molecule has 2 aromatic rings. The van der Waals surface area contributed by atoms with Crippen LogP contribution in [-0.4, -0.2) is 23.0 Å². The Bertz CT molecular complexity index is 572. The van der Waals surface area contributed by atoms with E-state index in [1.165, 1.54) is 11.1 Å². The SMILES string of the molecule is CCN(Cc1ccccn1)C(CN)c1ccc(Cl)cc1C. The molecule has 21 heavy (non-hydrogen) atoms. The molecule has 0 spiro atoms. The first-order chi connectivity index (χ1) is 10.2. The highest BCUT2D eigenvalue weighted by Crippen LogP contribution is 2.26. The monoisotopic (exact) mass is 303 g/mol. The number of rotatable bonds is 6. The molecule has 1 heterocycles. The van der Waals surface area contributed by atoms with Crippen molar-refractivity contribution in [2.24, 2.45) is 5.73 Å². The maximum absolute atomic E-state index is 6.05. The molecule has 2 N–H and O–H groups in total. The summed E-state index contributed by atoms with van der Waals surface area (Å²) in [4.78, 5) is 6.76. The summed E-state index contributed by atoms with van der Waals surface area (Å²) in [5.74, 6) is 0. The number of nitrogens with two attached hydrogens (primary N) is 1. The van der Waals surface area contributed by atoms with Crippen molar-refractivity contribution in [2.45, 2.75) is 26.4 Å². The van der Waals surface area contributed by atoms with Gasteiger partial charge in [0.25, 0.3) is 0 Å². The smallest absolute Gasteiger partial charge is 0.0544 e. The van der Waals surface area contributed by atoms with Crippen LogP contribution in [0.25, 0.3) is 0 Å². The van der Waals surface area contributed by atoms with Gasteiger partial charge in [-0.05, 0) is 48.9 Å². The van der Waals surface area contributed by atoms with Crippen LogP contribution >= 0.6 is 11.6 Å². The average molecular weight is 304 g/mol. The van der Waals surface area contributed by atoms with Gasteiger partial charge in [0.2, 0.25) is 0 Å². The Kier molecular flexibility index (Phi) is 5.74. The Labute approximate surface area is 131 Å². The van der Waals surface area contributed by atoms with E-state index < -0.39 is 0 Å². The minimum absolute atomic E-state index is 0.175. The van der Waals surface area contributed by atoms with Crippen LogP contribution in [0.3, 0.4) is 0 Å². The van der Waals surface area contributed by atoms with Gasteiger partial charge in [-0.3, -0.25) is 9.88 Å². The molecule has 1 unspecified atom stereocenters. The molecule has 1 atom stereocenters. The highest BCUT2D eigenvalue weighted by atomic mass is 35.5. The Morgan fingerprint density at radius 2 is 2.10 bits per heavy atom. The summed E-state index contributed by atoms with van der Waals surface area (Å²) in [6, 6.07) is 12.2. The molecular weight excluding hydrogens is 282 g/mol. The number of pyridine rings is 1. The zero-order valence-corrected chi connectivity index (χ0v) is 13.3. The summed E-state index contributed by atoms with van der Waals surface area (Å²) in [6.45, 7) is 6.51. The fraction of sp³-hybridized carbons (Fsp3) is 0.353. The number of nitrogens with zero attached hydrogens (tertiary/aromatic N) is 2. The number of aryl methyl sites for hydroxylation is 1. The minimum Gasteiger partial charge on any atom is -0.329 e. The van der Waals surface area contributed by atoms with E-state index in [0.717, 1.165) is 23.8 Å². The van der Waals surface area contributed by atoms with E-state index in [-0.39, 0.29) is 6.04 Å². The molecule has 1 aromatic carbocycles. The van der Waals surface area contributed by atoms with Gasteiger partial charge in [-0.1, -0.05) is 30.7 Å². The molecule has 0 saturated carbocycles. The number of benzene rings is 1. The van der Waals surface area contributed by atoms with Crippen molar-refractivity contribution in [3.8, 4) is 0 Å². The van der Waals surface area contributed by atoms with E-state index in [2.05, 4.69) is 29.8 Å². The molecule has 0 saturated heterocycles. The van der Waals surface area contributed by atoms with Crippen molar-refractivity contribution in [2.75, 3.05) is 13.1 Å². The van der Waals surface area contributed by atoms with E-state index in [0.29, 0.717) is 6.54 Å². The van der Waals surface area contributed by atoms with Gasteiger partial charge in [0.05, 0.1) is 5.69 Å². The second-order valence-electron chi connectivity index (χ2n) is 5.14. The average Bonchev–Trinajstić information content (AvgIpc) is 2.49. The molecule has 4 heteroatoms. The van der Waals surface area contributed by atoms with Gasteiger partial charge >= 0.3 is 0 Å². The van der Waals surface area contributed by atoms with Gasteiger partial charge in [0.15, 0.2) is 0 Å². The van der Waals surface area contributed by atoms with Gasteiger partial charge in [-0.15, -0.1) is 0 Å². The predicted octanol–water partition coefficient (Wildman–Crippen LogP) is 3.57. The second-order valence-corrected chi connectivity index (χ2v) is 5.57. The van der Waals surface area contributed by atoms with Crippen molar-refractivity contribution in [3.05, 3.63) is 64.4 Å². The van der Waals surface area contributed by atoms with Gasteiger partial charge in [0.1, 0.15) is 0 Å². The lowest BCUT2D eigenvalue weighted by atomic mass is 9.99.